The molecule has 0 radical (unpaired) electrons. The number of carboxylic acids is 1. The minimum absolute atomic E-state index is 0.156. The van der Waals surface area contributed by atoms with Gasteiger partial charge in [-0.15, -0.1) is 0 Å². The number of rotatable bonds is 7. The van der Waals surface area contributed by atoms with Gasteiger partial charge in [0.25, 0.3) is 5.91 Å². The highest BCUT2D eigenvalue weighted by Crippen LogP contribution is 2.20. The summed E-state index contributed by atoms with van der Waals surface area (Å²) in [4.78, 5) is 23.7. The molecule has 2 atom stereocenters. The Morgan fingerprint density at radius 1 is 1.36 bits per heavy atom. The molecule has 1 amide bonds. The fraction of sp³-hybridized carbons (Fsp3) is 0.529. The molecule has 2 N–H and O–H groups in total. The van der Waals surface area contributed by atoms with E-state index in [1.165, 1.54) is 0 Å². The van der Waals surface area contributed by atoms with Crippen LogP contribution in [-0.2, 0) is 9.59 Å². The fourth-order valence-corrected chi connectivity index (χ4v) is 2.02. The van der Waals surface area contributed by atoms with Gasteiger partial charge in [0, 0.05) is 0 Å². The fourth-order valence-electron chi connectivity index (χ4n) is 2.02. The van der Waals surface area contributed by atoms with Gasteiger partial charge in [-0.3, -0.25) is 4.79 Å². The molecule has 22 heavy (non-hydrogen) atoms. The predicted octanol–water partition coefficient (Wildman–Crippen LogP) is 2.77. The van der Waals surface area contributed by atoms with Crippen molar-refractivity contribution in [2.45, 2.75) is 52.7 Å². The summed E-state index contributed by atoms with van der Waals surface area (Å²) in [5, 5.41) is 11.8. The Kier molecular flexibility index (Phi) is 5.97. The van der Waals surface area contributed by atoms with Crippen LogP contribution in [0, 0.1) is 12.8 Å². The highest BCUT2D eigenvalue weighted by Gasteiger charge is 2.35. The van der Waals surface area contributed by atoms with Gasteiger partial charge in [0.15, 0.2) is 5.60 Å². The molecule has 5 nitrogen and oxygen atoms in total. The Morgan fingerprint density at radius 3 is 2.50 bits per heavy atom. The average Bonchev–Trinajstić information content (AvgIpc) is 2.42. The first-order chi connectivity index (χ1) is 10.2. The standard InChI is InChI=1S/C17H25NO4/c1-6-12(3)14(15(19)20)18-16(21)17(4,5)22-13-9-7-8-11(2)10-13/h7-10,12,14H,6H2,1-5H3,(H,18,21)(H,19,20). The molecule has 0 aliphatic carbocycles. The van der Waals surface area contributed by atoms with Crippen LogP contribution in [-0.4, -0.2) is 28.6 Å². The van der Waals surface area contributed by atoms with Gasteiger partial charge >= 0.3 is 5.97 Å². The largest absolute Gasteiger partial charge is 0.480 e. The smallest absolute Gasteiger partial charge is 0.326 e. The first-order valence-corrected chi connectivity index (χ1v) is 7.46. The van der Waals surface area contributed by atoms with Crippen molar-refractivity contribution in [3.63, 3.8) is 0 Å². The number of carboxylic acid groups (broad SMARTS) is 1. The average molecular weight is 307 g/mol. The molecule has 0 bridgehead atoms. The van der Waals surface area contributed by atoms with Gasteiger partial charge in [-0.05, 0) is 44.4 Å². The van der Waals surface area contributed by atoms with Crippen LogP contribution in [0.1, 0.15) is 39.7 Å². The molecule has 0 spiro atoms. The van der Waals surface area contributed by atoms with Crippen molar-refractivity contribution in [1.82, 2.24) is 5.32 Å². The molecular weight excluding hydrogens is 282 g/mol. The van der Waals surface area contributed by atoms with E-state index in [2.05, 4.69) is 5.32 Å². The molecule has 0 saturated heterocycles. The second kappa shape index (κ2) is 7.29. The summed E-state index contributed by atoms with van der Waals surface area (Å²) >= 11 is 0. The summed E-state index contributed by atoms with van der Waals surface area (Å²) in [7, 11) is 0. The Labute approximate surface area is 131 Å². The summed E-state index contributed by atoms with van der Waals surface area (Å²) < 4.78 is 5.73. The first-order valence-electron chi connectivity index (χ1n) is 7.46. The van der Waals surface area contributed by atoms with Gasteiger partial charge in [-0.25, -0.2) is 4.79 Å². The second-order valence-electron chi connectivity index (χ2n) is 6.10. The van der Waals surface area contributed by atoms with Gasteiger partial charge in [0.2, 0.25) is 0 Å². The minimum atomic E-state index is -1.16. The van der Waals surface area contributed by atoms with E-state index in [-0.39, 0.29) is 5.92 Å². The van der Waals surface area contributed by atoms with Crippen molar-refractivity contribution >= 4 is 11.9 Å². The van der Waals surface area contributed by atoms with Gasteiger partial charge in [0.1, 0.15) is 11.8 Å². The number of ether oxygens (including phenoxy) is 1. The number of hydrogen-bond acceptors (Lipinski definition) is 3. The van der Waals surface area contributed by atoms with E-state index in [1.807, 2.05) is 32.0 Å². The zero-order chi connectivity index (χ0) is 16.9. The van der Waals surface area contributed by atoms with Crippen LogP contribution in [0.15, 0.2) is 24.3 Å². The molecule has 1 aromatic rings. The molecule has 0 aromatic heterocycles. The number of aryl methyl sites for hydroxylation is 1. The molecule has 122 valence electrons. The van der Waals surface area contributed by atoms with Gasteiger partial charge in [0.05, 0.1) is 0 Å². The van der Waals surface area contributed by atoms with E-state index in [9.17, 15) is 14.7 Å². The number of benzene rings is 1. The lowest BCUT2D eigenvalue weighted by atomic mass is 9.98. The van der Waals surface area contributed by atoms with E-state index in [1.54, 1.807) is 26.8 Å². The summed E-state index contributed by atoms with van der Waals surface area (Å²) in [6.45, 7) is 8.87. The van der Waals surface area contributed by atoms with Crippen LogP contribution in [0.3, 0.4) is 0 Å². The van der Waals surface area contributed by atoms with Crippen molar-refractivity contribution in [2.75, 3.05) is 0 Å². The molecule has 2 unspecified atom stereocenters. The Hall–Kier alpha value is -2.04. The van der Waals surface area contributed by atoms with Crippen LogP contribution in [0.25, 0.3) is 0 Å². The third kappa shape index (κ3) is 4.76. The van der Waals surface area contributed by atoms with Crippen molar-refractivity contribution in [2.24, 2.45) is 5.92 Å². The topological polar surface area (TPSA) is 75.6 Å². The van der Waals surface area contributed by atoms with Crippen molar-refractivity contribution in [3.05, 3.63) is 29.8 Å². The van der Waals surface area contributed by atoms with Crippen molar-refractivity contribution < 1.29 is 19.4 Å². The van der Waals surface area contributed by atoms with Gasteiger partial charge < -0.3 is 15.2 Å². The Balaban J connectivity index is 2.83. The van der Waals surface area contributed by atoms with Crippen LogP contribution in [0.4, 0.5) is 0 Å². The Morgan fingerprint density at radius 2 is 2.00 bits per heavy atom. The molecular formula is C17H25NO4. The zero-order valence-corrected chi connectivity index (χ0v) is 13.8. The zero-order valence-electron chi connectivity index (χ0n) is 13.8. The number of amides is 1. The second-order valence-corrected chi connectivity index (χ2v) is 6.10. The number of aliphatic carboxylic acids is 1. The maximum atomic E-state index is 12.4. The lowest BCUT2D eigenvalue weighted by Crippen LogP contribution is -2.54. The van der Waals surface area contributed by atoms with Gasteiger partial charge in [-0.1, -0.05) is 32.4 Å². The Bertz CT molecular complexity index is 539. The molecule has 1 aromatic carbocycles. The van der Waals surface area contributed by atoms with Crippen LogP contribution < -0.4 is 10.1 Å². The van der Waals surface area contributed by atoms with Crippen LogP contribution in [0.5, 0.6) is 5.75 Å². The molecule has 0 aliphatic rings. The van der Waals surface area contributed by atoms with Crippen LogP contribution >= 0.6 is 0 Å². The molecule has 0 saturated carbocycles. The lowest BCUT2D eigenvalue weighted by molar-refractivity contribution is -0.146. The lowest BCUT2D eigenvalue weighted by Gasteiger charge is -2.29. The summed E-state index contributed by atoms with van der Waals surface area (Å²) in [5.74, 6) is -1.05. The van der Waals surface area contributed by atoms with E-state index in [4.69, 9.17) is 4.74 Å². The highest BCUT2D eigenvalue weighted by atomic mass is 16.5. The monoisotopic (exact) mass is 307 g/mol. The summed E-state index contributed by atoms with van der Waals surface area (Å²) in [5.41, 5.74) is -0.133. The van der Waals surface area contributed by atoms with E-state index in [0.29, 0.717) is 12.2 Å². The number of carbonyl (C=O) groups is 2. The molecule has 5 heteroatoms. The normalized spacial score (nSPS) is 14.0. The van der Waals surface area contributed by atoms with Crippen LogP contribution in [0.2, 0.25) is 0 Å². The number of hydrogen-bond donors (Lipinski definition) is 2. The van der Waals surface area contributed by atoms with Crippen molar-refractivity contribution in [1.29, 1.82) is 0 Å². The van der Waals surface area contributed by atoms with E-state index in [0.717, 1.165) is 5.56 Å². The van der Waals surface area contributed by atoms with Crippen molar-refractivity contribution in [3.8, 4) is 5.75 Å². The maximum absolute atomic E-state index is 12.4. The molecule has 0 aliphatic heterocycles. The molecule has 1 rings (SSSR count). The molecule has 0 fully saturated rings. The highest BCUT2D eigenvalue weighted by molar-refractivity contribution is 5.89. The SMILES string of the molecule is CCC(C)C(NC(=O)C(C)(C)Oc1cccc(C)c1)C(=O)O. The van der Waals surface area contributed by atoms with E-state index >= 15 is 0 Å². The third-order valence-electron chi connectivity index (χ3n) is 3.68. The summed E-state index contributed by atoms with van der Waals surface area (Å²) in [6, 6.07) is 6.46. The predicted molar refractivity (Wildman–Crippen MR) is 84.9 cm³/mol. The van der Waals surface area contributed by atoms with Gasteiger partial charge in [-0.2, -0.15) is 0 Å². The first kappa shape index (κ1) is 18.0. The van der Waals surface area contributed by atoms with E-state index < -0.39 is 23.5 Å². The molecule has 0 heterocycles. The minimum Gasteiger partial charge on any atom is -0.480 e. The third-order valence-corrected chi connectivity index (χ3v) is 3.68. The quantitative estimate of drug-likeness (QED) is 0.812. The summed E-state index contributed by atoms with van der Waals surface area (Å²) in [6.07, 6.45) is 0.663. The maximum Gasteiger partial charge on any atom is 0.326 e. The number of carbonyl (C=O) groups excluding carboxylic acids is 1. The number of nitrogens with one attached hydrogen (secondary N) is 1.